The lowest BCUT2D eigenvalue weighted by atomic mass is 10.0. The second-order valence-electron chi connectivity index (χ2n) is 4.86. The first-order valence-corrected chi connectivity index (χ1v) is 7.90. The largest absolute Gasteiger partial charge is 0.394 e. The van der Waals surface area contributed by atoms with Crippen molar-refractivity contribution in [2.24, 2.45) is 0 Å². The van der Waals surface area contributed by atoms with E-state index in [4.69, 9.17) is 10.2 Å². The van der Waals surface area contributed by atoms with Gasteiger partial charge in [0.25, 0.3) is 5.91 Å². The zero-order valence-corrected chi connectivity index (χ0v) is 12.8. The maximum atomic E-state index is 12.0. The highest BCUT2D eigenvalue weighted by molar-refractivity contribution is 7.89. The van der Waals surface area contributed by atoms with E-state index in [2.05, 4.69) is 10.0 Å². The Morgan fingerprint density at radius 1 is 1.19 bits per heavy atom. The van der Waals surface area contributed by atoms with Crippen LogP contribution in [0.1, 0.15) is 24.2 Å². The van der Waals surface area contributed by atoms with Crippen molar-refractivity contribution in [1.29, 1.82) is 0 Å². The summed E-state index contributed by atoms with van der Waals surface area (Å²) in [5.41, 5.74) is -0.899. The topological polar surface area (TPSA) is 116 Å². The summed E-state index contributed by atoms with van der Waals surface area (Å²) >= 11 is 0. The van der Waals surface area contributed by atoms with E-state index in [9.17, 15) is 13.2 Å². The van der Waals surface area contributed by atoms with Gasteiger partial charge in [-0.05, 0) is 31.2 Å². The predicted molar refractivity (Wildman–Crippen MR) is 77.3 cm³/mol. The molecule has 0 unspecified atom stereocenters. The van der Waals surface area contributed by atoms with Gasteiger partial charge in [-0.15, -0.1) is 0 Å². The SMILES string of the molecule is CCNS(=O)(=O)c1ccc(C(=O)NC(C)(CO)CO)cc1. The second kappa shape index (κ2) is 6.99. The maximum absolute atomic E-state index is 12.0. The van der Waals surface area contributed by atoms with Gasteiger partial charge in [-0.25, -0.2) is 13.1 Å². The lowest BCUT2D eigenvalue weighted by Crippen LogP contribution is -2.51. The van der Waals surface area contributed by atoms with Crippen molar-refractivity contribution in [3.05, 3.63) is 29.8 Å². The molecule has 0 saturated carbocycles. The standard InChI is InChI=1S/C13H20N2O5S/c1-3-14-21(19,20)11-6-4-10(5-7-11)12(18)15-13(2,8-16)9-17/h4-7,14,16-17H,3,8-9H2,1-2H3,(H,15,18). The van der Waals surface area contributed by atoms with Gasteiger partial charge in [0.2, 0.25) is 10.0 Å². The summed E-state index contributed by atoms with van der Waals surface area (Å²) in [5.74, 6) is -0.506. The summed E-state index contributed by atoms with van der Waals surface area (Å²) in [7, 11) is -3.56. The third-order valence-corrected chi connectivity index (χ3v) is 4.44. The number of aliphatic hydroxyl groups excluding tert-OH is 2. The first-order chi connectivity index (χ1) is 9.78. The summed E-state index contributed by atoms with van der Waals surface area (Å²) in [5, 5.41) is 20.7. The smallest absolute Gasteiger partial charge is 0.251 e. The molecule has 1 aromatic carbocycles. The van der Waals surface area contributed by atoms with Crippen LogP contribution in [0.25, 0.3) is 0 Å². The lowest BCUT2D eigenvalue weighted by molar-refractivity contribution is 0.0724. The fourth-order valence-electron chi connectivity index (χ4n) is 1.53. The first-order valence-electron chi connectivity index (χ1n) is 6.42. The van der Waals surface area contributed by atoms with Crippen LogP contribution in [0.3, 0.4) is 0 Å². The summed E-state index contributed by atoms with van der Waals surface area (Å²) in [6.45, 7) is 2.61. The predicted octanol–water partition coefficient (Wildman–Crippen LogP) is -0.542. The molecule has 0 aliphatic rings. The van der Waals surface area contributed by atoms with E-state index < -0.39 is 34.7 Å². The van der Waals surface area contributed by atoms with Crippen molar-refractivity contribution < 1.29 is 23.4 Å². The van der Waals surface area contributed by atoms with E-state index in [0.717, 1.165) is 0 Å². The summed E-state index contributed by atoms with van der Waals surface area (Å²) in [6.07, 6.45) is 0. The molecule has 1 amide bonds. The minimum Gasteiger partial charge on any atom is -0.394 e. The van der Waals surface area contributed by atoms with E-state index in [-0.39, 0.29) is 17.0 Å². The van der Waals surface area contributed by atoms with Crippen LogP contribution in [0.5, 0.6) is 0 Å². The van der Waals surface area contributed by atoms with Gasteiger partial charge in [-0.3, -0.25) is 4.79 Å². The quantitative estimate of drug-likeness (QED) is 0.539. The molecule has 0 aromatic heterocycles. The maximum Gasteiger partial charge on any atom is 0.251 e. The van der Waals surface area contributed by atoms with Gasteiger partial charge < -0.3 is 15.5 Å². The number of amides is 1. The summed E-state index contributed by atoms with van der Waals surface area (Å²) in [6, 6.07) is 5.38. The fourth-order valence-corrected chi connectivity index (χ4v) is 2.58. The molecule has 4 N–H and O–H groups in total. The molecule has 1 rings (SSSR count). The highest BCUT2D eigenvalue weighted by Gasteiger charge is 2.25. The molecule has 0 atom stereocenters. The van der Waals surface area contributed by atoms with Crippen LogP contribution in [-0.4, -0.2) is 49.8 Å². The summed E-state index contributed by atoms with van der Waals surface area (Å²) < 4.78 is 25.9. The molecular weight excluding hydrogens is 296 g/mol. The lowest BCUT2D eigenvalue weighted by Gasteiger charge is -2.26. The Balaban J connectivity index is 2.90. The van der Waals surface area contributed by atoms with Crippen molar-refractivity contribution in [1.82, 2.24) is 10.0 Å². The highest BCUT2D eigenvalue weighted by atomic mass is 32.2. The zero-order chi connectivity index (χ0) is 16.1. The Morgan fingerprint density at radius 2 is 1.71 bits per heavy atom. The van der Waals surface area contributed by atoms with Gasteiger partial charge >= 0.3 is 0 Å². The normalized spacial score (nSPS) is 12.2. The monoisotopic (exact) mass is 316 g/mol. The van der Waals surface area contributed by atoms with Gasteiger partial charge in [0.15, 0.2) is 0 Å². The van der Waals surface area contributed by atoms with E-state index in [1.54, 1.807) is 6.92 Å². The minimum absolute atomic E-state index is 0.0629. The van der Waals surface area contributed by atoms with Crippen LogP contribution in [0.2, 0.25) is 0 Å². The van der Waals surface area contributed by atoms with Gasteiger partial charge in [-0.2, -0.15) is 0 Å². The highest BCUT2D eigenvalue weighted by Crippen LogP contribution is 2.11. The molecule has 21 heavy (non-hydrogen) atoms. The number of hydrogen-bond donors (Lipinski definition) is 4. The van der Waals surface area contributed by atoms with Crippen molar-refractivity contribution in [2.45, 2.75) is 24.3 Å². The van der Waals surface area contributed by atoms with Crippen LogP contribution in [0, 0.1) is 0 Å². The van der Waals surface area contributed by atoms with E-state index in [0.29, 0.717) is 0 Å². The van der Waals surface area contributed by atoms with Crippen LogP contribution in [0.15, 0.2) is 29.2 Å². The molecule has 0 fully saturated rings. The van der Waals surface area contributed by atoms with E-state index in [1.807, 2.05) is 0 Å². The Kier molecular flexibility index (Phi) is 5.85. The average molecular weight is 316 g/mol. The number of rotatable bonds is 7. The van der Waals surface area contributed by atoms with Crippen LogP contribution in [0.4, 0.5) is 0 Å². The zero-order valence-electron chi connectivity index (χ0n) is 12.0. The first kappa shape index (κ1) is 17.6. The molecule has 118 valence electrons. The number of hydrogen-bond acceptors (Lipinski definition) is 5. The number of carbonyl (C=O) groups is 1. The molecule has 0 spiro atoms. The Morgan fingerprint density at radius 3 is 2.14 bits per heavy atom. The van der Waals surface area contributed by atoms with Gasteiger partial charge in [0.05, 0.1) is 23.6 Å². The fraction of sp³-hybridized carbons (Fsp3) is 0.462. The molecule has 0 aliphatic heterocycles. The molecule has 0 heterocycles. The number of sulfonamides is 1. The van der Waals surface area contributed by atoms with Crippen LogP contribution in [-0.2, 0) is 10.0 Å². The Labute approximate surface area is 124 Å². The Hall–Kier alpha value is -1.48. The molecule has 1 aromatic rings. The third kappa shape index (κ3) is 4.50. The van der Waals surface area contributed by atoms with Crippen molar-refractivity contribution in [2.75, 3.05) is 19.8 Å². The van der Waals surface area contributed by atoms with Crippen LogP contribution >= 0.6 is 0 Å². The average Bonchev–Trinajstić information content (AvgIpc) is 2.47. The number of carbonyl (C=O) groups excluding carboxylic acids is 1. The van der Waals surface area contributed by atoms with Gasteiger partial charge in [-0.1, -0.05) is 6.92 Å². The molecule has 0 saturated heterocycles. The van der Waals surface area contributed by atoms with Crippen LogP contribution < -0.4 is 10.0 Å². The number of aliphatic hydroxyl groups is 2. The molecule has 7 nitrogen and oxygen atoms in total. The van der Waals surface area contributed by atoms with Gasteiger partial charge in [0.1, 0.15) is 0 Å². The number of nitrogens with one attached hydrogen (secondary N) is 2. The minimum atomic E-state index is -3.56. The third-order valence-electron chi connectivity index (χ3n) is 2.87. The molecule has 0 radical (unpaired) electrons. The van der Waals surface area contributed by atoms with Crippen molar-refractivity contribution >= 4 is 15.9 Å². The molecule has 0 bridgehead atoms. The van der Waals surface area contributed by atoms with Gasteiger partial charge in [0, 0.05) is 12.1 Å². The van der Waals surface area contributed by atoms with Crippen molar-refractivity contribution in [3.8, 4) is 0 Å². The van der Waals surface area contributed by atoms with Crippen molar-refractivity contribution in [3.63, 3.8) is 0 Å². The molecular formula is C13H20N2O5S. The second-order valence-corrected chi connectivity index (χ2v) is 6.62. The number of benzene rings is 1. The van der Waals surface area contributed by atoms with E-state index in [1.165, 1.54) is 31.2 Å². The Bertz CT molecular complexity index is 579. The molecule has 0 aliphatic carbocycles. The summed E-state index contributed by atoms with van der Waals surface area (Å²) in [4.78, 5) is 12.0. The van der Waals surface area contributed by atoms with E-state index >= 15 is 0 Å². The molecule has 8 heteroatoms.